The van der Waals surface area contributed by atoms with Gasteiger partial charge in [0.1, 0.15) is 0 Å². The molecule has 0 saturated heterocycles. The van der Waals surface area contributed by atoms with E-state index < -0.39 is 5.97 Å². The largest absolute Gasteiger partial charge is 0.504 e. The molecule has 1 heterocycles. The lowest BCUT2D eigenvalue weighted by Crippen LogP contribution is -2.26. The summed E-state index contributed by atoms with van der Waals surface area (Å²) in [7, 11) is 1.31. The van der Waals surface area contributed by atoms with Crippen LogP contribution >= 0.6 is 0 Å². The smallest absolute Gasteiger partial charge is 0.340 e. The predicted octanol–water partition coefficient (Wildman–Crippen LogP) is 4.35. The van der Waals surface area contributed by atoms with Crippen LogP contribution in [0.3, 0.4) is 0 Å². The van der Waals surface area contributed by atoms with Gasteiger partial charge in [-0.15, -0.1) is 0 Å². The molecular formula is C24H29NO5. The number of ether oxygens (including phenoxy) is 2. The standard InChI is InChI=1S/C24H29NO5/c1-4-30-21-15-18(10-11-20(21)26)14-19-22(24(28)29-3)16(2)25(23(19)27)13-12-17-8-6-5-7-9-17/h8,10-11,14-15,26H,4-7,9,12-13H2,1-3H3/b19-14+. The number of phenols is 1. The Bertz CT molecular complexity index is 926. The van der Waals surface area contributed by atoms with Crippen LogP contribution in [0.1, 0.15) is 51.5 Å². The minimum Gasteiger partial charge on any atom is -0.504 e. The highest BCUT2D eigenvalue weighted by molar-refractivity contribution is 6.16. The van der Waals surface area contributed by atoms with E-state index in [9.17, 15) is 14.7 Å². The highest BCUT2D eigenvalue weighted by Crippen LogP contribution is 2.34. The minimum atomic E-state index is -0.532. The number of hydrogen-bond acceptors (Lipinski definition) is 5. The summed E-state index contributed by atoms with van der Waals surface area (Å²) in [5.74, 6) is -0.386. The third-order valence-electron chi connectivity index (χ3n) is 5.54. The van der Waals surface area contributed by atoms with Crippen molar-refractivity contribution in [3.63, 3.8) is 0 Å². The summed E-state index contributed by atoms with van der Waals surface area (Å²) in [6, 6.07) is 4.84. The van der Waals surface area contributed by atoms with E-state index in [4.69, 9.17) is 9.47 Å². The first-order chi connectivity index (χ1) is 14.5. The number of esters is 1. The average molecular weight is 411 g/mol. The van der Waals surface area contributed by atoms with Gasteiger partial charge in [0.25, 0.3) is 5.91 Å². The zero-order valence-electron chi connectivity index (χ0n) is 17.9. The first-order valence-electron chi connectivity index (χ1n) is 10.4. The molecule has 1 aliphatic carbocycles. The minimum absolute atomic E-state index is 0.0269. The van der Waals surface area contributed by atoms with Crippen molar-refractivity contribution >= 4 is 18.0 Å². The van der Waals surface area contributed by atoms with Crippen molar-refractivity contribution in [1.29, 1.82) is 0 Å². The summed E-state index contributed by atoms with van der Waals surface area (Å²) in [4.78, 5) is 27.3. The number of hydrogen-bond donors (Lipinski definition) is 1. The van der Waals surface area contributed by atoms with Gasteiger partial charge in [0.2, 0.25) is 0 Å². The molecule has 0 radical (unpaired) electrons. The topological polar surface area (TPSA) is 76.1 Å². The van der Waals surface area contributed by atoms with Crippen molar-refractivity contribution < 1.29 is 24.2 Å². The van der Waals surface area contributed by atoms with Gasteiger partial charge in [-0.1, -0.05) is 17.7 Å². The first-order valence-corrected chi connectivity index (χ1v) is 10.4. The van der Waals surface area contributed by atoms with E-state index in [0.717, 1.165) is 19.3 Å². The molecule has 160 valence electrons. The fourth-order valence-electron chi connectivity index (χ4n) is 3.94. The number of nitrogens with zero attached hydrogens (tertiary/aromatic N) is 1. The molecule has 1 N–H and O–H groups in total. The number of allylic oxidation sites excluding steroid dienone is 2. The van der Waals surface area contributed by atoms with E-state index in [1.54, 1.807) is 30.0 Å². The highest BCUT2D eigenvalue weighted by Gasteiger charge is 2.36. The second-order valence-electron chi connectivity index (χ2n) is 7.49. The number of amides is 1. The number of phenolic OH excluding ortho intramolecular Hbond substituents is 1. The van der Waals surface area contributed by atoms with Gasteiger partial charge in [0.15, 0.2) is 11.5 Å². The Balaban J connectivity index is 1.92. The van der Waals surface area contributed by atoms with Gasteiger partial charge >= 0.3 is 5.97 Å². The number of carbonyl (C=O) groups excluding carboxylic acids is 2. The number of benzene rings is 1. The van der Waals surface area contributed by atoms with E-state index in [-0.39, 0.29) is 17.2 Å². The van der Waals surface area contributed by atoms with Crippen LogP contribution < -0.4 is 4.74 Å². The molecule has 0 aromatic heterocycles. The SMILES string of the molecule is CCOc1cc(/C=C2/C(=O)N(CCC3=CCCCC3)C(C)=C2C(=O)OC)ccc1O. The van der Waals surface area contributed by atoms with Crippen molar-refractivity contribution in [1.82, 2.24) is 4.90 Å². The lowest BCUT2D eigenvalue weighted by Gasteiger charge is -2.20. The molecule has 0 saturated carbocycles. The van der Waals surface area contributed by atoms with Crippen molar-refractivity contribution in [2.45, 2.75) is 46.0 Å². The lowest BCUT2D eigenvalue weighted by atomic mass is 9.97. The quantitative estimate of drug-likeness (QED) is 0.410. The summed E-state index contributed by atoms with van der Waals surface area (Å²) < 4.78 is 10.4. The molecular weight excluding hydrogens is 382 g/mol. The van der Waals surface area contributed by atoms with E-state index in [1.807, 2.05) is 6.92 Å². The van der Waals surface area contributed by atoms with E-state index in [2.05, 4.69) is 6.08 Å². The monoisotopic (exact) mass is 411 g/mol. The van der Waals surface area contributed by atoms with Crippen LogP contribution in [-0.4, -0.2) is 42.1 Å². The molecule has 1 amide bonds. The lowest BCUT2D eigenvalue weighted by molar-refractivity contribution is -0.136. The Kier molecular flexibility index (Phi) is 6.98. The van der Waals surface area contributed by atoms with Crippen LogP contribution in [-0.2, 0) is 14.3 Å². The van der Waals surface area contributed by atoms with Crippen LogP contribution in [0, 0.1) is 0 Å². The van der Waals surface area contributed by atoms with Gasteiger partial charge in [0.05, 0.1) is 24.9 Å². The second kappa shape index (κ2) is 9.65. The summed E-state index contributed by atoms with van der Waals surface area (Å²) in [5.41, 5.74) is 3.22. The Hall–Kier alpha value is -3.02. The molecule has 0 spiro atoms. The van der Waals surface area contributed by atoms with Gasteiger partial charge in [-0.25, -0.2) is 4.79 Å². The second-order valence-corrected chi connectivity index (χ2v) is 7.49. The van der Waals surface area contributed by atoms with Crippen molar-refractivity contribution in [3.8, 4) is 11.5 Å². The van der Waals surface area contributed by atoms with Gasteiger partial charge in [0, 0.05) is 12.2 Å². The van der Waals surface area contributed by atoms with E-state index in [1.165, 1.54) is 31.6 Å². The van der Waals surface area contributed by atoms with E-state index in [0.29, 0.717) is 35.7 Å². The van der Waals surface area contributed by atoms with Crippen LogP contribution in [0.2, 0.25) is 0 Å². The maximum atomic E-state index is 13.2. The molecule has 0 atom stereocenters. The van der Waals surface area contributed by atoms with Gasteiger partial charge in [-0.05, 0) is 69.7 Å². The molecule has 2 aliphatic rings. The van der Waals surface area contributed by atoms with E-state index >= 15 is 0 Å². The molecule has 30 heavy (non-hydrogen) atoms. The maximum absolute atomic E-state index is 13.2. The fraction of sp³-hybridized carbons (Fsp3) is 0.417. The van der Waals surface area contributed by atoms with Crippen LogP contribution in [0.25, 0.3) is 6.08 Å². The molecule has 0 bridgehead atoms. The van der Waals surface area contributed by atoms with Crippen molar-refractivity contribution in [2.75, 3.05) is 20.3 Å². The summed E-state index contributed by atoms with van der Waals surface area (Å²) in [6.07, 6.45) is 9.31. The molecule has 3 rings (SSSR count). The first kappa shape index (κ1) is 21.7. The van der Waals surface area contributed by atoms with Crippen molar-refractivity contribution in [2.24, 2.45) is 0 Å². The Morgan fingerprint density at radius 3 is 2.77 bits per heavy atom. The third kappa shape index (κ3) is 4.58. The summed E-state index contributed by atoms with van der Waals surface area (Å²) >= 11 is 0. The Labute approximate surface area is 177 Å². The van der Waals surface area contributed by atoms with Crippen LogP contribution in [0.4, 0.5) is 0 Å². The molecule has 0 fully saturated rings. The zero-order chi connectivity index (χ0) is 21.7. The average Bonchev–Trinajstić information content (AvgIpc) is 2.98. The number of carbonyl (C=O) groups is 2. The van der Waals surface area contributed by atoms with Crippen LogP contribution in [0.5, 0.6) is 11.5 Å². The summed E-state index contributed by atoms with van der Waals surface area (Å²) in [5, 5.41) is 9.93. The Morgan fingerprint density at radius 2 is 2.10 bits per heavy atom. The zero-order valence-corrected chi connectivity index (χ0v) is 17.9. The number of aromatic hydroxyl groups is 1. The number of rotatable bonds is 7. The normalized spacial score (nSPS) is 18.1. The van der Waals surface area contributed by atoms with Gasteiger partial charge < -0.3 is 19.5 Å². The molecule has 6 heteroatoms. The molecule has 1 aromatic rings. The fourth-order valence-corrected chi connectivity index (χ4v) is 3.94. The molecule has 1 aromatic carbocycles. The third-order valence-corrected chi connectivity index (χ3v) is 5.54. The predicted molar refractivity (Wildman–Crippen MR) is 115 cm³/mol. The number of methoxy groups -OCH3 is 1. The molecule has 1 aliphatic heterocycles. The van der Waals surface area contributed by atoms with Crippen molar-refractivity contribution in [3.05, 3.63) is 52.3 Å². The van der Waals surface area contributed by atoms with Crippen LogP contribution in [0.15, 0.2) is 46.7 Å². The highest BCUT2D eigenvalue weighted by atomic mass is 16.5. The molecule has 6 nitrogen and oxygen atoms in total. The van der Waals surface area contributed by atoms with Gasteiger partial charge in [-0.2, -0.15) is 0 Å². The van der Waals surface area contributed by atoms with Gasteiger partial charge in [-0.3, -0.25) is 4.79 Å². The molecule has 0 unspecified atom stereocenters. The Morgan fingerprint density at radius 1 is 1.30 bits per heavy atom. The maximum Gasteiger partial charge on any atom is 0.340 e. The summed E-state index contributed by atoms with van der Waals surface area (Å²) in [6.45, 7) is 4.55.